The van der Waals surface area contributed by atoms with Gasteiger partial charge in [0.15, 0.2) is 0 Å². The van der Waals surface area contributed by atoms with Gasteiger partial charge in [-0.25, -0.2) is 49.8 Å². The van der Waals surface area contributed by atoms with Crippen LogP contribution in [0.5, 0.6) is 0 Å². The van der Waals surface area contributed by atoms with E-state index in [1.165, 1.54) is 10.8 Å². The summed E-state index contributed by atoms with van der Waals surface area (Å²) < 4.78 is 0. The summed E-state index contributed by atoms with van der Waals surface area (Å²) in [4.78, 5) is 50.7. The van der Waals surface area contributed by atoms with E-state index < -0.39 is 0 Å². The van der Waals surface area contributed by atoms with Crippen molar-refractivity contribution >= 4 is 120 Å². The van der Waals surface area contributed by atoms with E-state index in [0.717, 1.165) is 222 Å². The molecule has 0 amide bonds. The van der Waals surface area contributed by atoms with Crippen LogP contribution in [0.25, 0.3) is 232 Å². The van der Waals surface area contributed by atoms with Crippen molar-refractivity contribution in [2.45, 2.75) is 0 Å². The molecule has 10 heteroatoms. The van der Waals surface area contributed by atoms with Crippen LogP contribution in [0.1, 0.15) is 0 Å². The van der Waals surface area contributed by atoms with Crippen LogP contribution < -0.4 is 0 Å². The van der Waals surface area contributed by atoms with Gasteiger partial charge >= 0.3 is 0 Å². The smallest absolute Gasteiger partial charge is 0.0972 e. The van der Waals surface area contributed by atoms with E-state index in [4.69, 9.17) is 49.8 Å². The van der Waals surface area contributed by atoms with Crippen LogP contribution in [-0.2, 0) is 0 Å². The first kappa shape index (κ1) is 67.1. The second kappa shape index (κ2) is 28.2. The van der Waals surface area contributed by atoms with Crippen LogP contribution in [0, 0.1) is 0 Å². The quantitative estimate of drug-likeness (QED) is 0.122. The van der Waals surface area contributed by atoms with Crippen LogP contribution >= 0.6 is 0 Å². The highest BCUT2D eigenvalue weighted by molar-refractivity contribution is 6.06. The molecule has 10 aromatic heterocycles. The molecule has 0 fully saturated rings. The van der Waals surface area contributed by atoms with Gasteiger partial charge in [-0.15, -0.1) is 0 Å². The van der Waals surface area contributed by atoms with Gasteiger partial charge in [0.25, 0.3) is 0 Å². The van der Waals surface area contributed by atoms with Gasteiger partial charge in [-0.2, -0.15) is 0 Å². The molecule has 23 rings (SSSR count). The fraction of sp³-hybridized carbons (Fsp3) is 0. The lowest BCUT2D eigenvalue weighted by atomic mass is 10.00. The second-order valence-corrected chi connectivity index (χ2v) is 29.5. The Bertz CT molecular complexity index is 7910. The number of aromatic nitrogens is 10. The number of hydrogen-bond donors (Lipinski definition) is 0. The largest absolute Gasteiger partial charge is 0.248 e. The Balaban J connectivity index is 0.000000141. The molecule has 0 atom stereocenters. The molecule has 0 aliphatic heterocycles. The summed E-state index contributed by atoms with van der Waals surface area (Å²) in [5.41, 5.74) is 29.0. The maximum Gasteiger partial charge on any atom is 0.0972 e. The van der Waals surface area contributed by atoms with Gasteiger partial charge in [0.2, 0.25) is 0 Å². The SMILES string of the molecule is c1ccc(-c2ccc3ccc4ccc(-c5ccc(-c6ccc7ccc(-c8ccc9ccc(-c%10ccc%11ccccc%11n%10)nc9c8)nc7c6)cc5)nc4c3n2)cc1.c1ccc2cc(-c3ccc4ccc5ccc(-c6ccc(-c7ccc8ccc(-c9ccc%10ccc(-c%11ccc%12ccccc%12n%11)nc%10c9)nc8c7)cc6)nc5c4n3)ccc2c1. The third-order valence-electron chi connectivity index (χ3n) is 22.3. The summed E-state index contributed by atoms with van der Waals surface area (Å²) in [7, 11) is 0. The summed E-state index contributed by atoms with van der Waals surface area (Å²) in [6.45, 7) is 0. The van der Waals surface area contributed by atoms with Crippen LogP contribution in [-0.4, -0.2) is 49.8 Å². The lowest BCUT2D eigenvalue weighted by molar-refractivity contribution is 1.32. The third kappa shape index (κ3) is 12.7. The minimum atomic E-state index is 0.848. The summed E-state index contributed by atoms with van der Waals surface area (Å²) in [6, 6.07) is 135. The average Bonchev–Trinajstić information content (AvgIpc) is 0.780. The van der Waals surface area contributed by atoms with E-state index >= 15 is 0 Å². The zero-order valence-electron chi connectivity index (χ0n) is 62.4. The number of nitrogens with zero attached hydrogens (tertiary/aromatic N) is 10. The van der Waals surface area contributed by atoms with E-state index in [9.17, 15) is 0 Å². The van der Waals surface area contributed by atoms with Crippen molar-refractivity contribution in [1.82, 2.24) is 49.8 Å². The Morgan fingerprint density at radius 1 is 0.103 bits per heavy atom. The molecule has 0 N–H and O–H groups in total. The molecule has 0 saturated carbocycles. The highest BCUT2D eigenvalue weighted by Crippen LogP contribution is 2.38. The Labute approximate surface area is 666 Å². The van der Waals surface area contributed by atoms with E-state index in [0.29, 0.717) is 0 Å². The van der Waals surface area contributed by atoms with Crippen LogP contribution in [0.15, 0.2) is 388 Å². The molecule has 0 unspecified atom stereocenters. The zero-order chi connectivity index (χ0) is 76.6. The molecule has 10 heterocycles. The topological polar surface area (TPSA) is 129 Å². The predicted octanol–water partition coefficient (Wildman–Crippen LogP) is 26.7. The van der Waals surface area contributed by atoms with Crippen molar-refractivity contribution < 1.29 is 0 Å². The molecule has 116 heavy (non-hydrogen) atoms. The van der Waals surface area contributed by atoms with E-state index in [2.05, 4.69) is 309 Å². The number of rotatable bonds is 10. The Hall–Kier alpha value is -15.8. The van der Waals surface area contributed by atoms with Gasteiger partial charge in [0.05, 0.1) is 112 Å². The van der Waals surface area contributed by atoms with Crippen LogP contribution in [0.2, 0.25) is 0 Å². The number of benzene rings is 13. The molecule has 0 saturated heterocycles. The normalized spacial score (nSPS) is 11.6. The van der Waals surface area contributed by atoms with Gasteiger partial charge in [-0.05, 0) is 136 Å². The summed E-state index contributed by atoms with van der Waals surface area (Å²) >= 11 is 0. The molecule has 0 radical (unpaired) electrons. The molecular formula is C106H64N10. The van der Waals surface area contributed by atoms with Gasteiger partial charge < -0.3 is 0 Å². The van der Waals surface area contributed by atoms with E-state index in [1.54, 1.807) is 0 Å². The van der Waals surface area contributed by atoms with Crippen molar-refractivity contribution in [3.05, 3.63) is 388 Å². The summed E-state index contributed by atoms with van der Waals surface area (Å²) in [6.07, 6.45) is 0. The van der Waals surface area contributed by atoms with E-state index in [-0.39, 0.29) is 0 Å². The number of pyridine rings is 10. The fourth-order valence-corrected chi connectivity index (χ4v) is 16.0. The van der Waals surface area contributed by atoms with Crippen molar-refractivity contribution in [3.8, 4) is 113 Å². The van der Waals surface area contributed by atoms with Crippen LogP contribution in [0.3, 0.4) is 0 Å². The third-order valence-corrected chi connectivity index (χ3v) is 22.3. The first-order valence-electron chi connectivity index (χ1n) is 38.9. The molecule has 13 aromatic carbocycles. The van der Waals surface area contributed by atoms with Crippen LogP contribution in [0.4, 0.5) is 0 Å². The minimum Gasteiger partial charge on any atom is -0.248 e. The predicted molar refractivity (Wildman–Crippen MR) is 478 cm³/mol. The molecule has 538 valence electrons. The summed E-state index contributed by atoms with van der Waals surface area (Å²) in [5.74, 6) is 0. The lowest BCUT2D eigenvalue weighted by Gasteiger charge is -2.10. The lowest BCUT2D eigenvalue weighted by Crippen LogP contribution is -1.91. The van der Waals surface area contributed by atoms with Gasteiger partial charge in [0.1, 0.15) is 0 Å². The standard InChI is InChI=1S/C55H33N5.C51H31N5/c1-2-7-42-31-44(19-11-34(42)5-1)49-28-25-41-17-16-40-24-27-47(59-54(40)55(41)60-49)37-12-9-35(10-13-37)43-18-14-38-21-26-48(57-52(38)32-43)45-20-15-39-23-30-51(58-53(39)33-45)50-29-22-36-6-3-4-8-46(36)56-50;1-2-6-33(7-3-1)43-26-23-38-16-17-39-24-27-44(56-51(39)50(38)55-43)35-12-10-32(11-13-35)40-18-14-36-20-25-45(53-48(36)30-40)41-19-15-37-22-29-47(54-49(37)31-41)46-28-21-34-8-4-5-9-42(34)52-46/h1-33H;1-31H. The molecule has 0 bridgehead atoms. The van der Waals surface area contributed by atoms with Crippen molar-refractivity contribution in [2.75, 3.05) is 0 Å². The molecule has 0 aliphatic rings. The number of para-hydroxylation sites is 2. The maximum absolute atomic E-state index is 5.21. The molecule has 0 aliphatic carbocycles. The molecule has 10 nitrogen and oxygen atoms in total. The number of fused-ring (bicyclic) bond motifs is 13. The van der Waals surface area contributed by atoms with Crippen molar-refractivity contribution in [2.24, 2.45) is 0 Å². The first-order chi connectivity index (χ1) is 57.3. The van der Waals surface area contributed by atoms with Crippen molar-refractivity contribution in [3.63, 3.8) is 0 Å². The number of hydrogen-bond acceptors (Lipinski definition) is 10. The highest BCUT2D eigenvalue weighted by atomic mass is 14.8. The minimum absolute atomic E-state index is 0.848. The van der Waals surface area contributed by atoms with E-state index in [1.807, 2.05) is 78.9 Å². The first-order valence-corrected chi connectivity index (χ1v) is 38.9. The molecule has 23 aromatic rings. The Morgan fingerprint density at radius 2 is 0.319 bits per heavy atom. The maximum atomic E-state index is 5.21. The molecular weight excluding hydrogens is 1410 g/mol. The highest BCUT2D eigenvalue weighted by Gasteiger charge is 2.17. The molecule has 0 spiro atoms. The average molecular weight is 1480 g/mol. The monoisotopic (exact) mass is 1480 g/mol. The van der Waals surface area contributed by atoms with Gasteiger partial charge in [-0.1, -0.05) is 285 Å². The van der Waals surface area contributed by atoms with Gasteiger partial charge in [0, 0.05) is 87.2 Å². The summed E-state index contributed by atoms with van der Waals surface area (Å²) in [5, 5.41) is 13.3. The van der Waals surface area contributed by atoms with Crippen molar-refractivity contribution in [1.29, 1.82) is 0 Å². The zero-order valence-corrected chi connectivity index (χ0v) is 62.4. The fourth-order valence-electron chi connectivity index (χ4n) is 16.0. The Morgan fingerprint density at radius 3 is 0.707 bits per heavy atom. The second-order valence-electron chi connectivity index (χ2n) is 29.5. The Kier molecular flexibility index (Phi) is 16.3. The van der Waals surface area contributed by atoms with Gasteiger partial charge in [-0.3, -0.25) is 0 Å².